The second-order valence-corrected chi connectivity index (χ2v) is 6.40. The van der Waals surface area contributed by atoms with Crippen LogP contribution in [0.1, 0.15) is 45.1 Å². The SMILES string of the molecule is CCNCC1CCC(CC)CC1Cc1cc(F)cc(F)c1. The van der Waals surface area contributed by atoms with E-state index in [9.17, 15) is 8.78 Å². The van der Waals surface area contributed by atoms with E-state index in [1.165, 1.54) is 37.8 Å². The summed E-state index contributed by atoms with van der Waals surface area (Å²) in [5, 5.41) is 3.44. The summed E-state index contributed by atoms with van der Waals surface area (Å²) in [5.74, 6) is 1.00. The van der Waals surface area contributed by atoms with E-state index in [2.05, 4.69) is 19.2 Å². The Morgan fingerprint density at radius 2 is 1.76 bits per heavy atom. The lowest BCUT2D eigenvalue weighted by Gasteiger charge is -2.36. The van der Waals surface area contributed by atoms with Gasteiger partial charge in [-0.3, -0.25) is 0 Å². The highest BCUT2D eigenvalue weighted by molar-refractivity contribution is 5.18. The molecule has 1 aliphatic rings. The van der Waals surface area contributed by atoms with Gasteiger partial charge in [-0.25, -0.2) is 8.78 Å². The number of benzene rings is 1. The molecule has 0 spiro atoms. The Bertz CT molecular complexity index is 427. The normalized spacial score (nSPS) is 26.0. The molecule has 1 nitrogen and oxygen atoms in total. The molecule has 2 rings (SSSR count). The Hall–Kier alpha value is -0.960. The van der Waals surface area contributed by atoms with Crippen molar-refractivity contribution >= 4 is 0 Å². The average Bonchev–Trinajstić information content (AvgIpc) is 2.44. The number of rotatable bonds is 6. The Kier molecular flexibility index (Phi) is 6.16. The van der Waals surface area contributed by atoms with E-state index in [4.69, 9.17) is 0 Å². The van der Waals surface area contributed by atoms with Gasteiger partial charge in [0.1, 0.15) is 11.6 Å². The minimum Gasteiger partial charge on any atom is -0.317 e. The number of nitrogens with one attached hydrogen (secondary N) is 1. The maximum absolute atomic E-state index is 13.4. The zero-order valence-electron chi connectivity index (χ0n) is 13.2. The summed E-state index contributed by atoms with van der Waals surface area (Å²) in [4.78, 5) is 0. The van der Waals surface area contributed by atoms with Crippen LogP contribution >= 0.6 is 0 Å². The minimum atomic E-state index is -0.462. The molecule has 1 fully saturated rings. The fourth-order valence-corrected chi connectivity index (χ4v) is 3.67. The average molecular weight is 295 g/mol. The largest absolute Gasteiger partial charge is 0.317 e. The number of hydrogen-bond donors (Lipinski definition) is 1. The molecule has 0 bridgehead atoms. The molecule has 0 saturated heterocycles. The molecular formula is C18H27F2N. The molecule has 1 aromatic carbocycles. The number of hydrogen-bond acceptors (Lipinski definition) is 1. The Morgan fingerprint density at radius 1 is 1.05 bits per heavy atom. The van der Waals surface area contributed by atoms with Gasteiger partial charge in [0.25, 0.3) is 0 Å². The van der Waals surface area contributed by atoms with Gasteiger partial charge in [-0.15, -0.1) is 0 Å². The van der Waals surface area contributed by atoms with Gasteiger partial charge in [0.15, 0.2) is 0 Å². The van der Waals surface area contributed by atoms with Crippen molar-refractivity contribution in [2.24, 2.45) is 17.8 Å². The highest BCUT2D eigenvalue weighted by Crippen LogP contribution is 2.37. The topological polar surface area (TPSA) is 12.0 Å². The van der Waals surface area contributed by atoms with Crippen LogP contribution in [0.3, 0.4) is 0 Å². The van der Waals surface area contributed by atoms with Crippen LogP contribution in [0.25, 0.3) is 0 Å². The minimum absolute atomic E-state index is 0.462. The van der Waals surface area contributed by atoms with Crippen molar-refractivity contribution in [2.75, 3.05) is 13.1 Å². The van der Waals surface area contributed by atoms with Gasteiger partial charge in [0, 0.05) is 6.07 Å². The first-order chi connectivity index (χ1) is 10.1. The molecule has 0 aromatic heterocycles. The zero-order valence-corrected chi connectivity index (χ0v) is 13.2. The smallest absolute Gasteiger partial charge is 0.126 e. The van der Waals surface area contributed by atoms with E-state index in [-0.39, 0.29) is 0 Å². The van der Waals surface area contributed by atoms with Crippen molar-refractivity contribution < 1.29 is 8.78 Å². The van der Waals surface area contributed by atoms with E-state index in [1.54, 1.807) is 0 Å². The summed E-state index contributed by atoms with van der Waals surface area (Å²) in [5.41, 5.74) is 0.802. The second kappa shape index (κ2) is 7.88. The third kappa shape index (κ3) is 4.77. The molecule has 1 N–H and O–H groups in total. The monoisotopic (exact) mass is 295 g/mol. The molecule has 3 unspecified atom stereocenters. The van der Waals surface area contributed by atoms with Crippen LogP contribution < -0.4 is 5.32 Å². The lowest BCUT2D eigenvalue weighted by atomic mass is 9.71. The first-order valence-electron chi connectivity index (χ1n) is 8.28. The summed E-state index contributed by atoms with van der Waals surface area (Å²) < 4.78 is 26.7. The Labute approximate surface area is 127 Å². The van der Waals surface area contributed by atoms with E-state index in [0.29, 0.717) is 11.8 Å². The van der Waals surface area contributed by atoms with Crippen LogP contribution in [0.4, 0.5) is 8.78 Å². The maximum atomic E-state index is 13.4. The first kappa shape index (κ1) is 16.4. The Balaban J connectivity index is 2.07. The van der Waals surface area contributed by atoms with Crippen molar-refractivity contribution in [1.82, 2.24) is 5.32 Å². The highest BCUT2D eigenvalue weighted by Gasteiger charge is 2.29. The Morgan fingerprint density at radius 3 is 2.38 bits per heavy atom. The quantitative estimate of drug-likeness (QED) is 0.811. The van der Waals surface area contributed by atoms with Crippen LogP contribution in [0.2, 0.25) is 0 Å². The van der Waals surface area contributed by atoms with E-state index in [1.807, 2.05) is 0 Å². The van der Waals surface area contributed by atoms with Crippen LogP contribution in [0.15, 0.2) is 18.2 Å². The van der Waals surface area contributed by atoms with Crippen molar-refractivity contribution in [2.45, 2.75) is 46.0 Å². The first-order valence-corrected chi connectivity index (χ1v) is 8.28. The zero-order chi connectivity index (χ0) is 15.2. The molecule has 0 heterocycles. The van der Waals surface area contributed by atoms with Gasteiger partial charge in [-0.1, -0.05) is 26.7 Å². The van der Waals surface area contributed by atoms with Gasteiger partial charge in [0.05, 0.1) is 0 Å². The van der Waals surface area contributed by atoms with Gasteiger partial charge in [-0.2, -0.15) is 0 Å². The maximum Gasteiger partial charge on any atom is 0.126 e. The standard InChI is InChI=1S/C18H27F2N/c1-3-13-5-6-15(12-21-4-2)16(7-13)8-14-9-17(19)11-18(20)10-14/h9-11,13,15-16,21H,3-8,12H2,1-2H3. The van der Waals surface area contributed by atoms with Crippen molar-refractivity contribution in [3.05, 3.63) is 35.4 Å². The lowest BCUT2D eigenvalue weighted by molar-refractivity contribution is 0.172. The third-order valence-corrected chi connectivity index (χ3v) is 4.90. The molecule has 3 heteroatoms. The third-order valence-electron chi connectivity index (χ3n) is 4.90. The van der Waals surface area contributed by atoms with Crippen molar-refractivity contribution in [1.29, 1.82) is 0 Å². The van der Waals surface area contributed by atoms with Gasteiger partial charge >= 0.3 is 0 Å². The molecule has 21 heavy (non-hydrogen) atoms. The molecule has 0 aliphatic heterocycles. The predicted octanol–water partition coefficient (Wildman–Crippen LogP) is 4.56. The molecule has 1 aromatic rings. The molecule has 118 valence electrons. The summed E-state index contributed by atoms with van der Waals surface area (Å²) in [6, 6.07) is 3.93. The lowest BCUT2D eigenvalue weighted by Crippen LogP contribution is -2.34. The molecule has 0 amide bonds. The molecular weight excluding hydrogens is 268 g/mol. The van der Waals surface area contributed by atoms with Crippen LogP contribution in [-0.2, 0) is 6.42 Å². The summed E-state index contributed by atoms with van der Waals surface area (Å²) in [6.45, 7) is 6.37. The van der Waals surface area contributed by atoms with Gasteiger partial charge < -0.3 is 5.32 Å². The van der Waals surface area contributed by atoms with Gasteiger partial charge in [0.2, 0.25) is 0 Å². The molecule has 3 atom stereocenters. The molecule has 1 aliphatic carbocycles. The summed E-state index contributed by atoms with van der Waals surface area (Å²) in [6.07, 6.45) is 5.71. The van der Waals surface area contributed by atoms with Crippen LogP contribution in [0, 0.1) is 29.4 Å². The van der Waals surface area contributed by atoms with Crippen molar-refractivity contribution in [3.8, 4) is 0 Å². The number of halogens is 2. The fraction of sp³-hybridized carbons (Fsp3) is 0.667. The van der Waals surface area contributed by atoms with Crippen LogP contribution in [-0.4, -0.2) is 13.1 Å². The summed E-state index contributed by atoms with van der Waals surface area (Å²) in [7, 11) is 0. The molecule has 1 saturated carbocycles. The summed E-state index contributed by atoms with van der Waals surface area (Å²) >= 11 is 0. The highest BCUT2D eigenvalue weighted by atomic mass is 19.1. The van der Waals surface area contributed by atoms with Crippen molar-refractivity contribution in [3.63, 3.8) is 0 Å². The predicted molar refractivity (Wildman–Crippen MR) is 83.2 cm³/mol. The fourth-order valence-electron chi connectivity index (χ4n) is 3.67. The van der Waals surface area contributed by atoms with E-state index in [0.717, 1.165) is 37.1 Å². The second-order valence-electron chi connectivity index (χ2n) is 6.40. The van der Waals surface area contributed by atoms with E-state index < -0.39 is 11.6 Å². The van der Waals surface area contributed by atoms with Crippen LogP contribution in [0.5, 0.6) is 0 Å². The van der Waals surface area contributed by atoms with E-state index >= 15 is 0 Å². The van der Waals surface area contributed by atoms with Gasteiger partial charge in [-0.05, 0) is 67.8 Å². The molecule has 0 radical (unpaired) electrons.